The molecule has 100 valence electrons. The largest absolute Gasteiger partial charge is 0.310 e. The molecule has 0 aliphatic heterocycles. The van der Waals surface area contributed by atoms with E-state index in [4.69, 9.17) is 0 Å². The van der Waals surface area contributed by atoms with Crippen LogP contribution in [0.4, 0.5) is 8.78 Å². The van der Waals surface area contributed by atoms with Crippen LogP contribution in [0.3, 0.4) is 0 Å². The molecule has 0 spiro atoms. The highest BCUT2D eigenvalue weighted by molar-refractivity contribution is 5.20. The topological polar surface area (TPSA) is 12.0 Å². The van der Waals surface area contributed by atoms with Gasteiger partial charge in [-0.1, -0.05) is 19.4 Å². The van der Waals surface area contributed by atoms with Crippen LogP contribution in [0.1, 0.15) is 51.1 Å². The fourth-order valence-electron chi connectivity index (χ4n) is 2.49. The standard InChI is InChI=1S/C15H21F2N/c1-3-6-15(7-8-15)10-18-11(2)12-4-5-13(16)14(17)9-12/h4-5,9,11,18H,3,6-8,10H2,1-2H3. The van der Waals surface area contributed by atoms with E-state index in [1.54, 1.807) is 6.07 Å². The quantitative estimate of drug-likeness (QED) is 0.801. The van der Waals surface area contributed by atoms with Gasteiger partial charge in [-0.3, -0.25) is 0 Å². The molecule has 0 heterocycles. The molecule has 0 saturated heterocycles. The molecule has 2 rings (SSSR count). The Morgan fingerprint density at radius 3 is 2.56 bits per heavy atom. The van der Waals surface area contributed by atoms with Gasteiger partial charge in [-0.25, -0.2) is 8.78 Å². The molecule has 18 heavy (non-hydrogen) atoms. The number of halogens is 2. The summed E-state index contributed by atoms with van der Waals surface area (Å²) in [5.74, 6) is -1.55. The molecular weight excluding hydrogens is 232 g/mol. The molecule has 1 saturated carbocycles. The third-order valence-electron chi connectivity index (χ3n) is 3.96. The first-order chi connectivity index (χ1) is 8.56. The molecular formula is C15H21F2N. The molecule has 0 amide bonds. The number of nitrogens with one attached hydrogen (secondary N) is 1. The van der Waals surface area contributed by atoms with Gasteiger partial charge in [0, 0.05) is 12.6 Å². The maximum atomic E-state index is 13.1. The Hall–Kier alpha value is -0.960. The first kappa shape index (κ1) is 13.5. The Kier molecular flexibility index (Phi) is 4.00. The van der Waals surface area contributed by atoms with Gasteiger partial charge in [0.1, 0.15) is 0 Å². The molecule has 1 aliphatic carbocycles. The number of rotatable bonds is 6. The van der Waals surface area contributed by atoms with E-state index in [1.807, 2.05) is 6.92 Å². The van der Waals surface area contributed by atoms with Gasteiger partial charge in [-0.15, -0.1) is 0 Å². The van der Waals surface area contributed by atoms with Gasteiger partial charge in [-0.2, -0.15) is 0 Å². The number of hydrogen-bond acceptors (Lipinski definition) is 1. The zero-order valence-corrected chi connectivity index (χ0v) is 11.1. The van der Waals surface area contributed by atoms with E-state index >= 15 is 0 Å². The summed E-state index contributed by atoms with van der Waals surface area (Å²) >= 11 is 0. The second-order valence-electron chi connectivity index (χ2n) is 5.53. The van der Waals surface area contributed by atoms with Crippen LogP contribution in [-0.4, -0.2) is 6.54 Å². The molecule has 0 radical (unpaired) electrons. The van der Waals surface area contributed by atoms with Crippen molar-refractivity contribution in [3.63, 3.8) is 0 Å². The summed E-state index contributed by atoms with van der Waals surface area (Å²) in [5, 5.41) is 3.44. The predicted octanol–water partition coefficient (Wildman–Crippen LogP) is 4.20. The van der Waals surface area contributed by atoms with E-state index in [2.05, 4.69) is 12.2 Å². The molecule has 0 aromatic heterocycles. The second-order valence-corrected chi connectivity index (χ2v) is 5.53. The Balaban J connectivity index is 1.91. The number of benzene rings is 1. The smallest absolute Gasteiger partial charge is 0.159 e. The van der Waals surface area contributed by atoms with Gasteiger partial charge in [0.05, 0.1) is 0 Å². The van der Waals surface area contributed by atoms with E-state index in [0.717, 1.165) is 12.1 Å². The second kappa shape index (κ2) is 5.35. The van der Waals surface area contributed by atoms with Crippen molar-refractivity contribution in [2.24, 2.45) is 5.41 Å². The summed E-state index contributed by atoms with van der Waals surface area (Å²) in [5.41, 5.74) is 1.28. The Labute approximate surface area is 108 Å². The Morgan fingerprint density at radius 1 is 1.28 bits per heavy atom. The van der Waals surface area contributed by atoms with E-state index in [-0.39, 0.29) is 6.04 Å². The molecule has 1 fully saturated rings. The minimum atomic E-state index is -0.782. The van der Waals surface area contributed by atoms with Crippen molar-refractivity contribution >= 4 is 0 Å². The lowest BCUT2D eigenvalue weighted by atomic mass is 9.99. The molecule has 1 aliphatic rings. The third-order valence-corrected chi connectivity index (χ3v) is 3.96. The van der Waals surface area contributed by atoms with Gasteiger partial charge >= 0.3 is 0 Å². The summed E-state index contributed by atoms with van der Waals surface area (Å²) in [4.78, 5) is 0. The summed E-state index contributed by atoms with van der Waals surface area (Å²) < 4.78 is 26.0. The van der Waals surface area contributed by atoms with Crippen molar-refractivity contribution in [2.45, 2.75) is 45.6 Å². The highest BCUT2D eigenvalue weighted by Crippen LogP contribution is 2.49. The van der Waals surface area contributed by atoms with Crippen molar-refractivity contribution in [1.82, 2.24) is 5.32 Å². The first-order valence-electron chi connectivity index (χ1n) is 6.75. The number of hydrogen-bond donors (Lipinski definition) is 1. The fourth-order valence-corrected chi connectivity index (χ4v) is 2.49. The minimum absolute atomic E-state index is 0.0643. The average Bonchev–Trinajstić information content (AvgIpc) is 3.11. The molecule has 3 heteroatoms. The molecule has 1 nitrogen and oxygen atoms in total. The zero-order chi connectivity index (χ0) is 13.2. The van der Waals surface area contributed by atoms with Crippen molar-refractivity contribution < 1.29 is 8.78 Å². The van der Waals surface area contributed by atoms with Gasteiger partial charge in [0.25, 0.3) is 0 Å². The molecule has 1 N–H and O–H groups in total. The summed E-state index contributed by atoms with van der Waals surface area (Å²) in [6.07, 6.45) is 5.04. The van der Waals surface area contributed by atoms with Crippen LogP contribution in [0.25, 0.3) is 0 Å². The monoisotopic (exact) mass is 253 g/mol. The highest BCUT2D eigenvalue weighted by Gasteiger charge is 2.41. The molecule has 1 unspecified atom stereocenters. The van der Waals surface area contributed by atoms with Crippen LogP contribution in [0.5, 0.6) is 0 Å². The van der Waals surface area contributed by atoms with E-state index < -0.39 is 11.6 Å². The molecule has 1 aromatic carbocycles. The van der Waals surface area contributed by atoms with Crippen LogP contribution in [0.2, 0.25) is 0 Å². The van der Waals surface area contributed by atoms with Crippen molar-refractivity contribution in [3.05, 3.63) is 35.4 Å². The summed E-state index contributed by atoms with van der Waals surface area (Å²) in [7, 11) is 0. The normalized spacial score (nSPS) is 18.7. The summed E-state index contributed by atoms with van der Waals surface area (Å²) in [6.45, 7) is 5.18. The lowest BCUT2D eigenvalue weighted by Crippen LogP contribution is -2.26. The average molecular weight is 253 g/mol. The fraction of sp³-hybridized carbons (Fsp3) is 0.600. The highest BCUT2D eigenvalue weighted by atomic mass is 19.2. The SMILES string of the molecule is CCCC1(CNC(C)c2ccc(F)c(F)c2)CC1. The van der Waals surface area contributed by atoms with Crippen LogP contribution < -0.4 is 5.32 Å². The molecule has 1 aromatic rings. The van der Waals surface area contributed by atoms with Crippen LogP contribution in [-0.2, 0) is 0 Å². The van der Waals surface area contributed by atoms with Crippen LogP contribution >= 0.6 is 0 Å². The van der Waals surface area contributed by atoms with Crippen molar-refractivity contribution in [3.8, 4) is 0 Å². The summed E-state index contributed by atoms with van der Waals surface area (Å²) in [6, 6.07) is 4.19. The maximum Gasteiger partial charge on any atom is 0.159 e. The van der Waals surface area contributed by atoms with Gasteiger partial charge in [0.2, 0.25) is 0 Å². The first-order valence-corrected chi connectivity index (χ1v) is 6.75. The predicted molar refractivity (Wildman–Crippen MR) is 69.4 cm³/mol. The maximum absolute atomic E-state index is 13.1. The van der Waals surface area contributed by atoms with E-state index in [0.29, 0.717) is 5.41 Å². The van der Waals surface area contributed by atoms with Crippen molar-refractivity contribution in [1.29, 1.82) is 0 Å². The third kappa shape index (κ3) is 3.08. The lowest BCUT2D eigenvalue weighted by Gasteiger charge is -2.20. The molecule has 0 bridgehead atoms. The van der Waals surface area contributed by atoms with Crippen LogP contribution in [0, 0.1) is 17.0 Å². The van der Waals surface area contributed by atoms with Gasteiger partial charge < -0.3 is 5.32 Å². The van der Waals surface area contributed by atoms with E-state index in [1.165, 1.54) is 37.8 Å². The van der Waals surface area contributed by atoms with Crippen molar-refractivity contribution in [2.75, 3.05) is 6.54 Å². The lowest BCUT2D eigenvalue weighted by molar-refractivity contribution is 0.396. The minimum Gasteiger partial charge on any atom is -0.310 e. The van der Waals surface area contributed by atoms with Gasteiger partial charge in [0.15, 0.2) is 11.6 Å². The molecule has 1 atom stereocenters. The van der Waals surface area contributed by atoms with Gasteiger partial charge in [-0.05, 0) is 49.3 Å². The Bertz CT molecular complexity index is 413. The Morgan fingerprint density at radius 2 is 2.00 bits per heavy atom. The van der Waals surface area contributed by atoms with E-state index in [9.17, 15) is 8.78 Å². The van der Waals surface area contributed by atoms with Crippen LogP contribution in [0.15, 0.2) is 18.2 Å². The zero-order valence-electron chi connectivity index (χ0n) is 11.1.